The lowest BCUT2D eigenvalue weighted by atomic mass is 10.2. The Morgan fingerprint density at radius 1 is 1.18 bits per heavy atom. The van der Waals surface area contributed by atoms with E-state index in [1.807, 2.05) is 36.4 Å². The molecule has 0 unspecified atom stereocenters. The molecule has 1 aromatic carbocycles. The van der Waals surface area contributed by atoms with Gasteiger partial charge in [0.2, 0.25) is 0 Å². The van der Waals surface area contributed by atoms with Crippen LogP contribution in [0.1, 0.15) is 23.7 Å². The van der Waals surface area contributed by atoms with Crippen molar-refractivity contribution in [1.82, 2.24) is 5.32 Å². The molecule has 86 valence electrons. The monoisotopic (exact) mass is 225 g/mol. The van der Waals surface area contributed by atoms with Gasteiger partial charge >= 0.3 is 0 Å². The molecule has 0 radical (unpaired) electrons. The van der Waals surface area contributed by atoms with E-state index in [4.69, 9.17) is 0 Å². The zero-order valence-corrected chi connectivity index (χ0v) is 9.81. The predicted molar refractivity (Wildman–Crippen MR) is 69.5 cm³/mol. The summed E-state index contributed by atoms with van der Waals surface area (Å²) in [6.07, 6.45) is 8.88. The molecule has 0 aromatic heterocycles. The standard InChI is InChI=1S/C15H15NO/c1-12-6-5-9-14(11-10-12)16-15(17)13-7-3-2-4-8-13/h2-5,7-11H,6H2,1H3,(H,16,17). The van der Waals surface area contributed by atoms with Crippen molar-refractivity contribution in [3.05, 3.63) is 71.5 Å². The normalized spacial score (nSPS) is 14.6. The van der Waals surface area contributed by atoms with E-state index in [1.54, 1.807) is 12.1 Å². The lowest BCUT2D eigenvalue weighted by Crippen LogP contribution is -2.21. The van der Waals surface area contributed by atoms with Gasteiger partial charge in [-0.3, -0.25) is 4.79 Å². The van der Waals surface area contributed by atoms with Crippen LogP contribution in [0.4, 0.5) is 0 Å². The second-order valence-corrected chi connectivity index (χ2v) is 4.06. The van der Waals surface area contributed by atoms with Crippen LogP contribution in [0.5, 0.6) is 0 Å². The van der Waals surface area contributed by atoms with Crippen LogP contribution in [0, 0.1) is 0 Å². The summed E-state index contributed by atoms with van der Waals surface area (Å²) in [6, 6.07) is 9.22. The van der Waals surface area contributed by atoms with Crippen molar-refractivity contribution in [3.63, 3.8) is 0 Å². The largest absolute Gasteiger partial charge is 0.322 e. The first-order chi connectivity index (χ1) is 8.25. The molecule has 0 heterocycles. The summed E-state index contributed by atoms with van der Waals surface area (Å²) in [4.78, 5) is 11.9. The van der Waals surface area contributed by atoms with Gasteiger partial charge in [-0.2, -0.15) is 0 Å². The van der Waals surface area contributed by atoms with Gasteiger partial charge in [-0.05, 0) is 37.6 Å². The Labute approximate surface area is 101 Å². The molecule has 0 saturated carbocycles. The van der Waals surface area contributed by atoms with Crippen molar-refractivity contribution in [3.8, 4) is 0 Å². The number of amides is 1. The minimum atomic E-state index is -0.0746. The third kappa shape index (κ3) is 3.18. The molecule has 0 atom stereocenters. The van der Waals surface area contributed by atoms with Crippen molar-refractivity contribution in [2.24, 2.45) is 0 Å². The Bertz CT molecular complexity index is 495. The van der Waals surface area contributed by atoms with Gasteiger partial charge in [-0.15, -0.1) is 0 Å². The van der Waals surface area contributed by atoms with Crippen LogP contribution in [-0.4, -0.2) is 5.91 Å². The van der Waals surface area contributed by atoms with Gasteiger partial charge in [0.05, 0.1) is 0 Å². The van der Waals surface area contributed by atoms with Crippen LogP contribution in [0.2, 0.25) is 0 Å². The number of allylic oxidation sites excluding steroid dienone is 5. The van der Waals surface area contributed by atoms with Crippen molar-refractivity contribution in [2.45, 2.75) is 13.3 Å². The first kappa shape index (κ1) is 11.4. The van der Waals surface area contributed by atoms with E-state index in [2.05, 4.69) is 18.3 Å². The fourth-order valence-corrected chi connectivity index (χ4v) is 1.60. The van der Waals surface area contributed by atoms with Crippen molar-refractivity contribution in [2.75, 3.05) is 0 Å². The summed E-state index contributed by atoms with van der Waals surface area (Å²) in [6.45, 7) is 2.07. The summed E-state index contributed by atoms with van der Waals surface area (Å²) in [5.74, 6) is -0.0746. The summed E-state index contributed by atoms with van der Waals surface area (Å²) in [7, 11) is 0. The second-order valence-electron chi connectivity index (χ2n) is 4.06. The van der Waals surface area contributed by atoms with Crippen LogP contribution >= 0.6 is 0 Å². The molecule has 1 N–H and O–H groups in total. The number of benzene rings is 1. The molecule has 2 rings (SSSR count). The summed E-state index contributed by atoms with van der Waals surface area (Å²) in [5, 5.41) is 2.89. The van der Waals surface area contributed by atoms with E-state index in [1.165, 1.54) is 5.57 Å². The molecule has 0 aliphatic heterocycles. The highest BCUT2D eigenvalue weighted by molar-refractivity contribution is 5.95. The SMILES string of the molecule is CC1=CC=C(NC(=O)c2ccccc2)C=CC1. The van der Waals surface area contributed by atoms with Gasteiger partial charge in [0, 0.05) is 11.3 Å². The topological polar surface area (TPSA) is 29.1 Å². The smallest absolute Gasteiger partial charge is 0.255 e. The molecule has 2 nitrogen and oxygen atoms in total. The number of nitrogens with one attached hydrogen (secondary N) is 1. The fraction of sp³-hybridized carbons (Fsp3) is 0.133. The molecule has 0 fully saturated rings. The van der Waals surface area contributed by atoms with E-state index in [0.29, 0.717) is 5.56 Å². The number of carbonyl (C=O) groups is 1. The van der Waals surface area contributed by atoms with Crippen molar-refractivity contribution < 1.29 is 4.79 Å². The maximum atomic E-state index is 11.9. The summed E-state index contributed by atoms with van der Waals surface area (Å²) in [5.41, 5.74) is 2.78. The summed E-state index contributed by atoms with van der Waals surface area (Å²) >= 11 is 0. The third-order valence-corrected chi connectivity index (χ3v) is 2.58. The molecule has 0 saturated heterocycles. The van der Waals surface area contributed by atoms with E-state index in [0.717, 1.165) is 12.1 Å². The lowest BCUT2D eigenvalue weighted by molar-refractivity contribution is 0.0967. The maximum absolute atomic E-state index is 11.9. The minimum absolute atomic E-state index is 0.0746. The van der Waals surface area contributed by atoms with Gasteiger partial charge in [0.1, 0.15) is 0 Å². The third-order valence-electron chi connectivity index (χ3n) is 2.58. The Morgan fingerprint density at radius 2 is 1.94 bits per heavy atom. The van der Waals surface area contributed by atoms with Gasteiger partial charge in [0.15, 0.2) is 0 Å². The van der Waals surface area contributed by atoms with Crippen LogP contribution in [-0.2, 0) is 0 Å². The molecule has 0 spiro atoms. The molecule has 0 bridgehead atoms. The molecular formula is C15H15NO. The average Bonchev–Trinajstić information content (AvgIpc) is 2.56. The first-order valence-electron chi connectivity index (χ1n) is 5.66. The Balaban J connectivity index is 2.10. The van der Waals surface area contributed by atoms with E-state index >= 15 is 0 Å². The second kappa shape index (κ2) is 5.30. The number of carbonyl (C=O) groups excluding carboxylic acids is 1. The lowest BCUT2D eigenvalue weighted by Gasteiger charge is -2.04. The van der Waals surface area contributed by atoms with Crippen LogP contribution in [0.15, 0.2) is 65.9 Å². The molecule has 2 heteroatoms. The first-order valence-corrected chi connectivity index (χ1v) is 5.66. The molecule has 17 heavy (non-hydrogen) atoms. The van der Waals surface area contributed by atoms with Gasteiger partial charge in [-0.25, -0.2) is 0 Å². The van der Waals surface area contributed by atoms with E-state index in [9.17, 15) is 4.79 Å². The van der Waals surface area contributed by atoms with Crippen LogP contribution < -0.4 is 5.32 Å². The van der Waals surface area contributed by atoms with Gasteiger partial charge in [0.25, 0.3) is 5.91 Å². The highest BCUT2D eigenvalue weighted by atomic mass is 16.1. The number of hydrogen-bond donors (Lipinski definition) is 1. The number of rotatable bonds is 2. The van der Waals surface area contributed by atoms with Crippen molar-refractivity contribution >= 4 is 5.91 Å². The summed E-state index contributed by atoms with van der Waals surface area (Å²) < 4.78 is 0. The maximum Gasteiger partial charge on any atom is 0.255 e. The molecule has 1 aliphatic carbocycles. The van der Waals surface area contributed by atoms with Crippen molar-refractivity contribution in [1.29, 1.82) is 0 Å². The fourth-order valence-electron chi connectivity index (χ4n) is 1.60. The zero-order valence-electron chi connectivity index (χ0n) is 9.81. The molecule has 1 aromatic rings. The highest BCUT2D eigenvalue weighted by Crippen LogP contribution is 2.09. The van der Waals surface area contributed by atoms with E-state index < -0.39 is 0 Å². The van der Waals surface area contributed by atoms with Crippen LogP contribution in [0.25, 0.3) is 0 Å². The molecule has 1 aliphatic rings. The molecule has 1 amide bonds. The Morgan fingerprint density at radius 3 is 2.71 bits per heavy atom. The predicted octanol–water partition coefficient (Wildman–Crippen LogP) is 3.21. The Hall–Kier alpha value is -2.09. The minimum Gasteiger partial charge on any atom is -0.322 e. The Kier molecular flexibility index (Phi) is 3.55. The van der Waals surface area contributed by atoms with Crippen LogP contribution in [0.3, 0.4) is 0 Å². The zero-order chi connectivity index (χ0) is 12.1. The number of hydrogen-bond acceptors (Lipinski definition) is 1. The molecular weight excluding hydrogens is 210 g/mol. The van der Waals surface area contributed by atoms with Gasteiger partial charge < -0.3 is 5.32 Å². The highest BCUT2D eigenvalue weighted by Gasteiger charge is 2.05. The quantitative estimate of drug-likeness (QED) is 0.822. The van der Waals surface area contributed by atoms with Gasteiger partial charge in [-0.1, -0.05) is 35.9 Å². The van der Waals surface area contributed by atoms with E-state index in [-0.39, 0.29) is 5.91 Å². The average molecular weight is 225 g/mol.